The highest BCUT2D eigenvalue weighted by molar-refractivity contribution is 6.02. The third-order valence-electron chi connectivity index (χ3n) is 5.55. The van der Waals surface area contributed by atoms with Crippen LogP contribution in [0.15, 0.2) is 66.7 Å². The van der Waals surface area contributed by atoms with E-state index in [2.05, 4.69) is 20.9 Å². The van der Waals surface area contributed by atoms with Gasteiger partial charge in [-0.25, -0.2) is 9.59 Å². The van der Waals surface area contributed by atoms with Crippen LogP contribution >= 0.6 is 0 Å². The normalized spacial score (nSPS) is 11.5. The number of nitrogen functional groups attached to an aromatic ring is 1. The topological polar surface area (TPSA) is 165 Å². The average Bonchev–Trinajstić information content (AvgIpc) is 2.95. The molecule has 0 fully saturated rings. The van der Waals surface area contributed by atoms with E-state index in [4.69, 9.17) is 20.6 Å². The molecule has 0 saturated heterocycles. The van der Waals surface area contributed by atoms with Gasteiger partial charge in [0.2, 0.25) is 0 Å². The summed E-state index contributed by atoms with van der Waals surface area (Å²) in [6.07, 6.45) is -5.37. The van der Waals surface area contributed by atoms with Gasteiger partial charge >= 0.3 is 18.1 Å². The fraction of sp³-hybridized carbons (Fsp3) is 0.214. The van der Waals surface area contributed by atoms with E-state index in [0.717, 1.165) is 6.07 Å². The first-order chi connectivity index (χ1) is 19.9. The van der Waals surface area contributed by atoms with Gasteiger partial charge < -0.3 is 25.3 Å². The summed E-state index contributed by atoms with van der Waals surface area (Å²) in [5.41, 5.74) is 11.3. The SMILES string of the molecule is CCOc1ccc(C(Nc2ccc(C(=N)N)cc2)C(=O)NNc2ccccc2C(=O)OC(=O)C(F)(F)F)cc1OCC. The van der Waals surface area contributed by atoms with Crippen LogP contribution in [-0.2, 0) is 14.3 Å². The number of esters is 2. The number of anilines is 2. The summed E-state index contributed by atoms with van der Waals surface area (Å²) < 4.78 is 52.9. The van der Waals surface area contributed by atoms with Crippen LogP contribution in [0.5, 0.6) is 11.5 Å². The highest BCUT2D eigenvalue weighted by atomic mass is 19.4. The number of alkyl halides is 3. The highest BCUT2D eigenvalue weighted by Gasteiger charge is 2.42. The van der Waals surface area contributed by atoms with Crippen molar-refractivity contribution in [2.24, 2.45) is 5.73 Å². The highest BCUT2D eigenvalue weighted by Crippen LogP contribution is 2.32. The number of nitrogens with two attached hydrogens (primary N) is 1. The van der Waals surface area contributed by atoms with Gasteiger partial charge in [0.05, 0.1) is 24.5 Å². The number of halogens is 3. The molecule has 14 heteroatoms. The molecule has 0 heterocycles. The number of carbonyl (C=O) groups excluding carboxylic acids is 3. The van der Waals surface area contributed by atoms with Crippen LogP contribution in [0.25, 0.3) is 0 Å². The van der Waals surface area contributed by atoms with Gasteiger partial charge in [-0.05, 0) is 67.9 Å². The lowest BCUT2D eigenvalue weighted by Gasteiger charge is -2.22. The number of carbonyl (C=O) groups is 3. The summed E-state index contributed by atoms with van der Waals surface area (Å²) in [5, 5.41) is 10.6. The summed E-state index contributed by atoms with van der Waals surface area (Å²) in [6.45, 7) is 4.30. The van der Waals surface area contributed by atoms with Crippen molar-refractivity contribution < 1.29 is 41.8 Å². The van der Waals surface area contributed by atoms with Gasteiger partial charge in [-0.3, -0.25) is 21.1 Å². The molecule has 11 nitrogen and oxygen atoms in total. The molecule has 0 aliphatic rings. The Morgan fingerprint density at radius 3 is 2.19 bits per heavy atom. The van der Waals surface area contributed by atoms with Crippen molar-refractivity contribution in [3.8, 4) is 11.5 Å². The van der Waals surface area contributed by atoms with E-state index in [1.165, 1.54) is 18.2 Å². The molecule has 1 atom stereocenters. The third kappa shape index (κ3) is 8.13. The predicted molar refractivity (Wildman–Crippen MR) is 147 cm³/mol. The molecular formula is C28H28F3N5O6. The van der Waals surface area contributed by atoms with E-state index in [9.17, 15) is 27.6 Å². The summed E-state index contributed by atoms with van der Waals surface area (Å²) >= 11 is 0. The number of hydrogen-bond donors (Lipinski definition) is 5. The van der Waals surface area contributed by atoms with Crippen LogP contribution in [0.3, 0.4) is 0 Å². The molecule has 0 aromatic heterocycles. The largest absolute Gasteiger partial charge is 0.491 e. The number of hydrazine groups is 1. The molecule has 0 bridgehead atoms. The summed E-state index contributed by atoms with van der Waals surface area (Å²) in [5.74, 6) is -4.20. The van der Waals surface area contributed by atoms with Crippen molar-refractivity contribution in [3.63, 3.8) is 0 Å². The van der Waals surface area contributed by atoms with E-state index in [1.54, 1.807) is 49.4 Å². The van der Waals surface area contributed by atoms with Crippen LogP contribution in [-0.4, -0.2) is 43.1 Å². The molecule has 0 saturated carbocycles. The molecule has 0 spiro atoms. The zero-order valence-corrected chi connectivity index (χ0v) is 22.5. The third-order valence-corrected chi connectivity index (χ3v) is 5.55. The van der Waals surface area contributed by atoms with Crippen molar-refractivity contribution >= 4 is 35.1 Å². The van der Waals surface area contributed by atoms with Crippen LogP contribution in [0.1, 0.15) is 41.4 Å². The number of ether oxygens (including phenoxy) is 3. The minimum absolute atomic E-state index is 0.128. The molecule has 6 N–H and O–H groups in total. The van der Waals surface area contributed by atoms with E-state index in [1.807, 2.05) is 6.92 Å². The second-order valence-corrected chi connectivity index (χ2v) is 8.48. The molecule has 42 heavy (non-hydrogen) atoms. The fourth-order valence-electron chi connectivity index (χ4n) is 3.63. The summed E-state index contributed by atoms with van der Waals surface area (Å²) in [7, 11) is 0. The van der Waals surface area contributed by atoms with Gasteiger partial charge in [-0.15, -0.1) is 0 Å². The van der Waals surface area contributed by atoms with Crippen molar-refractivity contribution in [1.29, 1.82) is 5.41 Å². The van der Waals surface area contributed by atoms with Gasteiger partial charge in [0.1, 0.15) is 11.9 Å². The van der Waals surface area contributed by atoms with Crippen LogP contribution in [0, 0.1) is 5.41 Å². The maximum atomic E-state index is 13.5. The molecule has 3 aromatic carbocycles. The second-order valence-electron chi connectivity index (χ2n) is 8.48. The zero-order valence-electron chi connectivity index (χ0n) is 22.5. The molecular weight excluding hydrogens is 559 g/mol. The van der Waals surface area contributed by atoms with Gasteiger partial charge in [-0.2, -0.15) is 13.2 Å². The smallest absolute Gasteiger partial charge is 0.490 e. The average molecular weight is 588 g/mol. The van der Waals surface area contributed by atoms with Crippen molar-refractivity contribution in [2.45, 2.75) is 26.1 Å². The van der Waals surface area contributed by atoms with Crippen molar-refractivity contribution in [3.05, 3.63) is 83.4 Å². The number of rotatable bonds is 12. The van der Waals surface area contributed by atoms with Crippen molar-refractivity contribution in [1.82, 2.24) is 5.43 Å². The van der Waals surface area contributed by atoms with Gasteiger partial charge in [0, 0.05) is 11.3 Å². The van der Waals surface area contributed by atoms with Crippen LogP contribution in [0.4, 0.5) is 24.5 Å². The maximum Gasteiger partial charge on any atom is 0.491 e. The maximum absolute atomic E-state index is 13.5. The van der Waals surface area contributed by atoms with E-state index in [0.29, 0.717) is 41.5 Å². The Morgan fingerprint density at radius 1 is 0.929 bits per heavy atom. The Bertz CT molecular complexity index is 1450. The standard InChI is InChI=1S/C28H28F3N5O6/c1-3-40-21-14-11-17(15-22(21)41-4-2)23(34-18-12-9-16(10-13-18)24(32)33)25(37)36-35-20-8-6-5-7-19(20)26(38)42-27(39)28(29,30)31/h5-15,23,34-35H,3-4H2,1-2H3,(H3,32,33)(H,36,37). The molecule has 1 amide bonds. The van der Waals surface area contributed by atoms with E-state index >= 15 is 0 Å². The number of hydrogen-bond acceptors (Lipinski definition) is 9. The summed E-state index contributed by atoms with van der Waals surface area (Å²) in [6, 6.07) is 15.4. The Hall–Kier alpha value is -5.27. The Morgan fingerprint density at radius 2 is 1.57 bits per heavy atom. The van der Waals surface area contributed by atoms with E-state index in [-0.39, 0.29) is 11.5 Å². The lowest BCUT2D eigenvalue weighted by atomic mass is 10.0. The molecule has 1 unspecified atom stereocenters. The second kappa shape index (κ2) is 13.9. The monoisotopic (exact) mass is 587 g/mol. The number of amides is 1. The molecule has 0 aliphatic heterocycles. The minimum atomic E-state index is -5.37. The van der Waals surface area contributed by atoms with Crippen LogP contribution in [0.2, 0.25) is 0 Å². The predicted octanol–water partition coefficient (Wildman–Crippen LogP) is 4.31. The molecule has 0 radical (unpaired) electrons. The Labute approximate surface area is 238 Å². The van der Waals surface area contributed by atoms with Gasteiger partial charge in [0.25, 0.3) is 5.91 Å². The molecule has 0 aliphatic carbocycles. The Kier molecular flexibility index (Phi) is 10.3. The summed E-state index contributed by atoms with van der Waals surface area (Å²) in [4.78, 5) is 36.9. The number of amidine groups is 1. The lowest BCUT2D eigenvalue weighted by Crippen LogP contribution is -2.37. The first-order valence-corrected chi connectivity index (χ1v) is 12.5. The number of benzene rings is 3. The van der Waals surface area contributed by atoms with Crippen molar-refractivity contribution in [2.75, 3.05) is 24.0 Å². The fourth-order valence-corrected chi connectivity index (χ4v) is 3.63. The van der Waals surface area contributed by atoms with Gasteiger partial charge in [-0.1, -0.05) is 18.2 Å². The molecule has 3 rings (SSSR count). The lowest BCUT2D eigenvalue weighted by molar-refractivity contribution is -0.193. The number of para-hydroxylation sites is 1. The quantitative estimate of drug-likeness (QED) is 0.0683. The Balaban J connectivity index is 1.90. The number of nitrogens with one attached hydrogen (secondary N) is 4. The van der Waals surface area contributed by atoms with Crippen LogP contribution < -0.4 is 31.4 Å². The van der Waals surface area contributed by atoms with Gasteiger partial charge in [0.15, 0.2) is 11.5 Å². The zero-order chi connectivity index (χ0) is 30.9. The molecule has 3 aromatic rings. The minimum Gasteiger partial charge on any atom is -0.490 e. The first-order valence-electron chi connectivity index (χ1n) is 12.5. The molecule has 222 valence electrons. The van der Waals surface area contributed by atoms with E-state index < -0.39 is 35.6 Å². The first kappa shape index (κ1) is 31.3.